The van der Waals surface area contributed by atoms with Gasteiger partial charge in [0.2, 0.25) is 0 Å². The molecule has 0 amide bonds. The summed E-state index contributed by atoms with van der Waals surface area (Å²) in [6.07, 6.45) is 0. The van der Waals surface area contributed by atoms with E-state index in [4.69, 9.17) is 33.7 Å². The molecule has 20 heavy (non-hydrogen) atoms. The van der Waals surface area contributed by atoms with Crippen molar-refractivity contribution in [2.45, 2.75) is 0 Å². The Kier molecular flexibility index (Phi) is 4.58. The van der Waals surface area contributed by atoms with E-state index in [9.17, 15) is 4.79 Å². The number of hydrogen-bond donors (Lipinski definition) is 1. The van der Waals surface area contributed by atoms with E-state index in [-0.39, 0.29) is 21.5 Å². The molecule has 0 saturated carbocycles. The van der Waals surface area contributed by atoms with Crippen LogP contribution in [0.4, 0.5) is 5.69 Å². The average Bonchev–Trinajstić information content (AvgIpc) is 2.43. The number of hydrogen-bond acceptors (Lipinski definition) is 3. The number of ether oxygens (including phenoxy) is 1. The van der Waals surface area contributed by atoms with Gasteiger partial charge in [-0.1, -0.05) is 23.2 Å². The van der Waals surface area contributed by atoms with Crippen molar-refractivity contribution in [2.24, 2.45) is 0 Å². The minimum absolute atomic E-state index is 0.204. The topological polar surface area (TPSA) is 52.3 Å². The second kappa shape index (κ2) is 6.04. The Morgan fingerprint density at radius 2 is 1.95 bits per heavy atom. The summed E-state index contributed by atoms with van der Waals surface area (Å²) in [5, 5.41) is 0.497. The lowest BCUT2D eigenvalue weighted by atomic mass is 10.0. The fraction of sp³-hybridized carbons (Fsp3) is 0.0714. The molecule has 104 valence electrons. The van der Waals surface area contributed by atoms with E-state index in [0.29, 0.717) is 21.3 Å². The van der Waals surface area contributed by atoms with Gasteiger partial charge in [-0.2, -0.15) is 0 Å². The summed E-state index contributed by atoms with van der Waals surface area (Å²) in [6.45, 7) is 0. The Bertz CT molecular complexity index is 666. The molecular formula is C14H10BrCl2NO2. The summed E-state index contributed by atoms with van der Waals surface area (Å²) < 4.78 is 5.72. The monoisotopic (exact) mass is 373 g/mol. The van der Waals surface area contributed by atoms with Crippen LogP contribution in [0.25, 0.3) is 0 Å². The van der Waals surface area contributed by atoms with Gasteiger partial charge in [0.1, 0.15) is 5.75 Å². The number of ketones is 1. The van der Waals surface area contributed by atoms with Crippen molar-refractivity contribution >= 4 is 50.6 Å². The molecule has 0 heterocycles. The number of rotatable bonds is 3. The Morgan fingerprint density at radius 3 is 2.50 bits per heavy atom. The summed E-state index contributed by atoms with van der Waals surface area (Å²) in [6, 6.07) is 8.10. The van der Waals surface area contributed by atoms with E-state index in [0.717, 1.165) is 0 Å². The summed E-state index contributed by atoms with van der Waals surface area (Å²) in [5.74, 6) is 0.451. The van der Waals surface area contributed by atoms with Gasteiger partial charge in [-0.15, -0.1) is 0 Å². The van der Waals surface area contributed by atoms with Gasteiger partial charge in [-0.05, 0) is 46.3 Å². The van der Waals surface area contributed by atoms with Crippen molar-refractivity contribution in [3.63, 3.8) is 0 Å². The molecule has 0 bridgehead atoms. The van der Waals surface area contributed by atoms with Crippen LogP contribution in [0, 0.1) is 0 Å². The van der Waals surface area contributed by atoms with E-state index >= 15 is 0 Å². The van der Waals surface area contributed by atoms with Crippen molar-refractivity contribution in [2.75, 3.05) is 12.8 Å². The van der Waals surface area contributed by atoms with Crippen LogP contribution in [-0.4, -0.2) is 12.9 Å². The first-order valence-corrected chi connectivity index (χ1v) is 7.11. The minimum atomic E-state index is -0.204. The van der Waals surface area contributed by atoms with E-state index in [1.165, 1.54) is 12.1 Å². The summed E-state index contributed by atoms with van der Waals surface area (Å²) in [4.78, 5) is 12.5. The lowest BCUT2D eigenvalue weighted by Crippen LogP contribution is -2.04. The van der Waals surface area contributed by atoms with Gasteiger partial charge >= 0.3 is 0 Å². The molecule has 6 heteroatoms. The summed E-state index contributed by atoms with van der Waals surface area (Å²) in [5.41, 5.74) is 6.86. The molecule has 0 radical (unpaired) electrons. The van der Waals surface area contributed by atoms with Gasteiger partial charge in [0.05, 0.1) is 22.8 Å². The first-order valence-electron chi connectivity index (χ1n) is 5.56. The zero-order valence-corrected chi connectivity index (χ0v) is 13.5. The van der Waals surface area contributed by atoms with Crippen LogP contribution in [-0.2, 0) is 0 Å². The predicted molar refractivity (Wildman–Crippen MR) is 85.0 cm³/mol. The van der Waals surface area contributed by atoms with Crippen LogP contribution < -0.4 is 10.5 Å². The van der Waals surface area contributed by atoms with Gasteiger partial charge < -0.3 is 10.5 Å². The molecule has 0 aliphatic heterocycles. The largest absolute Gasteiger partial charge is 0.497 e. The molecule has 2 rings (SSSR count). The Morgan fingerprint density at radius 1 is 1.25 bits per heavy atom. The molecule has 0 fully saturated rings. The van der Waals surface area contributed by atoms with Crippen molar-refractivity contribution in [3.05, 3.63) is 56.0 Å². The molecule has 0 saturated heterocycles. The molecule has 0 atom stereocenters. The van der Waals surface area contributed by atoms with Crippen LogP contribution in [0.1, 0.15) is 15.9 Å². The van der Waals surface area contributed by atoms with E-state index in [1.54, 1.807) is 25.3 Å². The number of benzene rings is 2. The molecule has 0 spiro atoms. The number of nitrogen functional groups attached to an aromatic ring is 1. The van der Waals surface area contributed by atoms with Crippen LogP contribution in [0.2, 0.25) is 10.0 Å². The smallest absolute Gasteiger partial charge is 0.194 e. The summed E-state index contributed by atoms with van der Waals surface area (Å²) >= 11 is 15.2. The Balaban J connectivity index is 2.46. The number of methoxy groups -OCH3 is 1. The molecule has 0 unspecified atom stereocenters. The molecule has 0 aliphatic rings. The first-order chi connectivity index (χ1) is 9.43. The van der Waals surface area contributed by atoms with Gasteiger partial charge in [0.15, 0.2) is 5.78 Å². The molecule has 3 nitrogen and oxygen atoms in total. The van der Waals surface area contributed by atoms with Gasteiger partial charge in [-0.3, -0.25) is 4.79 Å². The summed E-state index contributed by atoms with van der Waals surface area (Å²) in [7, 11) is 1.56. The second-order valence-electron chi connectivity index (χ2n) is 4.04. The third kappa shape index (κ3) is 2.92. The number of carbonyl (C=O) groups is 1. The molecule has 0 aliphatic carbocycles. The zero-order chi connectivity index (χ0) is 14.9. The van der Waals surface area contributed by atoms with Crippen LogP contribution >= 0.6 is 39.1 Å². The maximum atomic E-state index is 12.5. The van der Waals surface area contributed by atoms with E-state index in [1.807, 2.05) is 0 Å². The number of halogens is 3. The lowest BCUT2D eigenvalue weighted by Gasteiger charge is -2.08. The predicted octanol–water partition coefficient (Wildman–Crippen LogP) is 4.58. The second-order valence-corrected chi connectivity index (χ2v) is 5.68. The Labute approximate surface area is 134 Å². The maximum absolute atomic E-state index is 12.5. The first kappa shape index (κ1) is 15.2. The molecule has 2 N–H and O–H groups in total. The highest BCUT2D eigenvalue weighted by atomic mass is 79.9. The third-order valence-electron chi connectivity index (χ3n) is 2.74. The van der Waals surface area contributed by atoms with E-state index in [2.05, 4.69) is 15.9 Å². The highest BCUT2D eigenvalue weighted by Crippen LogP contribution is 2.31. The number of anilines is 1. The standard InChI is InChI=1S/C14H10BrCl2NO2/c1-20-8-2-3-9(10(15)6-8)14(19)7-4-11(16)13(17)12(18)5-7/h2-6H,18H2,1H3. The van der Waals surface area contributed by atoms with Crippen LogP contribution in [0.3, 0.4) is 0 Å². The average molecular weight is 375 g/mol. The fourth-order valence-corrected chi connectivity index (χ4v) is 2.58. The molecular weight excluding hydrogens is 365 g/mol. The maximum Gasteiger partial charge on any atom is 0.194 e. The highest BCUT2D eigenvalue weighted by molar-refractivity contribution is 9.10. The molecule has 0 aromatic heterocycles. The van der Waals surface area contributed by atoms with Crippen molar-refractivity contribution < 1.29 is 9.53 Å². The third-order valence-corrected chi connectivity index (χ3v) is 4.21. The van der Waals surface area contributed by atoms with Crippen LogP contribution in [0.15, 0.2) is 34.8 Å². The minimum Gasteiger partial charge on any atom is -0.497 e. The van der Waals surface area contributed by atoms with Crippen LogP contribution in [0.5, 0.6) is 5.75 Å². The van der Waals surface area contributed by atoms with Gasteiger partial charge in [0.25, 0.3) is 0 Å². The van der Waals surface area contributed by atoms with Crippen molar-refractivity contribution in [3.8, 4) is 5.75 Å². The van der Waals surface area contributed by atoms with Crippen molar-refractivity contribution in [1.29, 1.82) is 0 Å². The fourth-order valence-electron chi connectivity index (χ4n) is 1.70. The quantitative estimate of drug-likeness (QED) is 0.632. The normalized spacial score (nSPS) is 10.4. The van der Waals surface area contributed by atoms with E-state index < -0.39 is 0 Å². The number of nitrogens with two attached hydrogens (primary N) is 1. The van der Waals surface area contributed by atoms with Crippen molar-refractivity contribution in [1.82, 2.24) is 0 Å². The SMILES string of the molecule is COc1ccc(C(=O)c2cc(N)c(Cl)c(Cl)c2)c(Br)c1. The Hall–Kier alpha value is -1.23. The molecule has 2 aromatic carbocycles. The van der Waals surface area contributed by atoms with Gasteiger partial charge in [0, 0.05) is 15.6 Å². The molecule has 2 aromatic rings. The van der Waals surface area contributed by atoms with Gasteiger partial charge in [-0.25, -0.2) is 0 Å². The number of carbonyl (C=O) groups excluding carboxylic acids is 1. The highest BCUT2D eigenvalue weighted by Gasteiger charge is 2.16. The zero-order valence-electron chi connectivity index (χ0n) is 10.4. The lowest BCUT2D eigenvalue weighted by molar-refractivity contribution is 0.103.